The molecule has 0 radical (unpaired) electrons. The lowest BCUT2D eigenvalue weighted by molar-refractivity contribution is 0.0536. The van der Waals surface area contributed by atoms with Crippen molar-refractivity contribution >= 4 is 62.6 Å². The van der Waals surface area contributed by atoms with Gasteiger partial charge in [0.1, 0.15) is 28.5 Å². The Balaban J connectivity index is 0.000000210. The molecule has 0 spiro atoms. The van der Waals surface area contributed by atoms with Crippen molar-refractivity contribution in [3.8, 4) is 39.8 Å². The highest BCUT2D eigenvalue weighted by molar-refractivity contribution is 9.10. The average Bonchev–Trinajstić information content (AvgIpc) is 4.39. The SMILES string of the molecule is COc1ccc(Oc2cc(N(CC(F)F)C(=O)OC(C)(C)C)c3ncc(-c4ccc(C(=O)NC5CC5)c(C)c4)n3c2)cc1.Cc1cc(-c2cnc3c(N(CC(F)F)C(=O)OC(C)(C)C)cc(Br)cn23)ccc1C(=O)NC1CC1. The van der Waals surface area contributed by atoms with E-state index in [0.29, 0.717) is 44.1 Å². The molecule has 9 rings (SSSR count). The summed E-state index contributed by atoms with van der Waals surface area (Å²) < 4.78 is 80.7. The fourth-order valence-corrected chi connectivity index (χ4v) is 8.75. The Kier molecular flexibility index (Phi) is 16.7. The molecular weight excluding hydrogens is 1080 g/mol. The quantitative estimate of drug-likeness (QED) is 0.0942. The van der Waals surface area contributed by atoms with Gasteiger partial charge in [0, 0.05) is 51.1 Å². The second-order valence-corrected chi connectivity index (χ2v) is 22.0. The number of pyridine rings is 2. The number of imidazole rings is 2. The van der Waals surface area contributed by atoms with Crippen LogP contribution in [-0.2, 0) is 9.47 Å². The normalized spacial score (nSPS) is 13.5. The van der Waals surface area contributed by atoms with E-state index >= 15 is 0 Å². The number of carbonyl (C=O) groups is 4. The lowest BCUT2D eigenvalue weighted by Crippen LogP contribution is -2.40. The molecule has 78 heavy (non-hydrogen) atoms. The van der Waals surface area contributed by atoms with Gasteiger partial charge in [0.2, 0.25) is 0 Å². The third-order valence-electron chi connectivity index (χ3n) is 12.2. The topological polar surface area (TPSA) is 170 Å². The summed E-state index contributed by atoms with van der Waals surface area (Å²) in [4.78, 5) is 62.0. The zero-order valence-electron chi connectivity index (χ0n) is 44.6. The monoisotopic (exact) mass is 1140 g/mol. The van der Waals surface area contributed by atoms with Crippen LogP contribution in [-0.4, -0.2) is 99.1 Å². The maximum Gasteiger partial charge on any atom is 0.415 e. The molecule has 16 nitrogen and oxygen atoms in total. The molecule has 0 saturated heterocycles. The van der Waals surface area contributed by atoms with E-state index in [-0.39, 0.29) is 46.7 Å². The van der Waals surface area contributed by atoms with Crippen LogP contribution in [0.5, 0.6) is 17.2 Å². The molecule has 2 N–H and O–H groups in total. The van der Waals surface area contributed by atoms with E-state index < -0.39 is 49.3 Å². The average molecular weight is 1140 g/mol. The Morgan fingerprint density at radius 2 is 1.05 bits per heavy atom. The number of amides is 4. The van der Waals surface area contributed by atoms with E-state index in [0.717, 1.165) is 57.7 Å². The van der Waals surface area contributed by atoms with Gasteiger partial charge in [-0.25, -0.2) is 37.1 Å². The van der Waals surface area contributed by atoms with Crippen molar-refractivity contribution in [1.82, 2.24) is 29.4 Å². The van der Waals surface area contributed by atoms with Crippen molar-refractivity contribution in [3.63, 3.8) is 0 Å². The first kappa shape index (κ1) is 56.5. The second kappa shape index (κ2) is 23.1. The maximum atomic E-state index is 13.8. The van der Waals surface area contributed by atoms with Gasteiger partial charge in [-0.3, -0.25) is 28.2 Å². The van der Waals surface area contributed by atoms with Gasteiger partial charge in [-0.05, 0) is 163 Å². The van der Waals surface area contributed by atoms with Crippen LogP contribution in [0.3, 0.4) is 0 Å². The minimum atomic E-state index is -2.84. The molecule has 4 heterocycles. The summed E-state index contributed by atoms with van der Waals surface area (Å²) in [7, 11) is 1.55. The molecule has 2 fully saturated rings. The van der Waals surface area contributed by atoms with Crippen molar-refractivity contribution in [2.24, 2.45) is 0 Å². The number of aromatic nitrogens is 4. The third kappa shape index (κ3) is 14.1. The zero-order chi connectivity index (χ0) is 56.4. The summed E-state index contributed by atoms with van der Waals surface area (Å²) in [6, 6.07) is 21.3. The largest absolute Gasteiger partial charge is 0.497 e. The smallest absolute Gasteiger partial charge is 0.415 e. The van der Waals surface area contributed by atoms with Gasteiger partial charge >= 0.3 is 12.2 Å². The first-order valence-corrected chi connectivity index (χ1v) is 26.0. The predicted molar refractivity (Wildman–Crippen MR) is 292 cm³/mol. The number of nitrogens with zero attached hydrogens (tertiary/aromatic N) is 6. The molecule has 0 aliphatic heterocycles. The predicted octanol–water partition coefficient (Wildman–Crippen LogP) is 13.0. The van der Waals surface area contributed by atoms with Gasteiger partial charge in [0.05, 0.1) is 61.6 Å². The minimum absolute atomic E-state index is 0.0870. The molecule has 21 heteroatoms. The molecular formula is C57H61BrF4N8O8. The van der Waals surface area contributed by atoms with E-state index in [9.17, 15) is 36.7 Å². The van der Waals surface area contributed by atoms with Crippen LogP contribution in [0.1, 0.15) is 99.1 Å². The molecule has 412 valence electrons. The highest BCUT2D eigenvalue weighted by Gasteiger charge is 2.32. The molecule has 2 aliphatic carbocycles. The number of alkyl halides is 4. The highest BCUT2D eigenvalue weighted by Crippen LogP contribution is 2.37. The maximum absolute atomic E-state index is 13.8. The number of nitrogens with one attached hydrogen (secondary N) is 2. The number of anilines is 2. The number of hydrogen-bond donors (Lipinski definition) is 2. The molecule has 0 unspecified atom stereocenters. The standard InChI is InChI=1S/C32H34F2N4O5.C25H27BrF2N4O3/c1-19-14-20(6-13-25(19)30(39)36-21-7-8-21)27-16-35-29-26(38(18-28(33)34)31(40)43-32(2,3)4)15-24(17-37(27)29)42-23-11-9-22(41-5)10-12-23;1-14-9-15(5-8-18(14)23(33)30-17-6-7-17)20-11-29-22-19(10-16(26)12-31(20)22)32(13-21(27)28)24(34)35-25(2,3)4/h6,9-17,21,28H,7-8,18H2,1-5H3,(H,36,39);5,8-12,17,21H,6-7,13H2,1-4H3,(H,30,33). The Bertz CT molecular complexity index is 3360. The van der Waals surface area contributed by atoms with Crippen LogP contribution in [0.15, 0.2) is 102 Å². The number of aryl methyl sites for hydroxylation is 2. The summed E-state index contributed by atoms with van der Waals surface area (Å²) >= 11 is 3.43. The first-order chi connectivity index (χ1) is 36.8. The van der Waals surface area contributed by atoms with E-state index in [1.807, 2.05) is 32.0 Å². The van der Waals surface area contributed by atoms with Gasteiger partial charge in [-0.1, -0.05) is 12.1 Å². The van der Waals surface area contributed by atoms with Crippen molar-refractivity contribution < 1.29 is 55.7 Å². The van der Waals surface area contributed by atoms with Crippen LogP contribution >= 0.6 is 15.9 Å². The summed E-state index contributed by atoms with van der Waals surface area (Å²) in [5.74, 6) is 1.15. The number of carbonyl (C=O) groups excluding carboxylic acids is 4. The Hall–Kier alpha value is -7.68. The number of ether oxygens (including phenoxy) is 4. The summed E-state index contributed by atoms with van der Waals surface area (Å²) in [5.41, 5.74) is 4.63. The number of rotatable bonds is 15. The van der Waals surface area contributed by atoms with E-state index in [1.165, 1.54) is 6.07 Å². The van der Waals surface area contributed by atoms with Crippen LogP contribution in [0, 0.1) is 13.8 Å². The van der Waals surface area contributed by atoms with Crippen molar-refractivity contribution in [3.05, 3.63) is 124 Å². The van der Waals surface area contributed by atoms with Crippen LogP contribution in [0.25, 0.3) is 33.8 Å². The summed E-state index contributed by atoms with van der Waals surface area (Å²) in [6.07, 6.45) is 3.17. The fraction of sp³-hybridized carbons (Fsp3) is 0.368. The second-order valence-electron chi connectivity index (χ2n) is 21.1. The van der Waals surface area contributed by atoms with Gasteiger partial charge in [0.15, 0.2) is 11.3 Å². The van der Waals surface area contributed by atoms with Crippen LogP contribution < -0.4 is 29.9 Å². The molecule has 3 aromatic carbocycles. The van der Waals surface area contributed by atoms with Gasteiger partial charge < -0.3 is 29.6 Å². The summed E-state index contributed by atoms with van der Waals surface area (Å²) in [5, 5.41) is 5.99. The molecule has 0 atom stereocenters. The van der Waals surface area contributed by atoms with Gasteiger partial charge in [0.25, 0.3) is 24.7 Å². The Morgan fingerprint density at radius 1 is 0.628 bits per heavy atom. The lowest BCUT2D eigenvalue weighted by Gasteiger charge is -2.27. The van der Waals surface area contributed by atoms with Gasteiger partial charge in [-0.2, -0.15) is 0 Å². The Morgan fingerprint density at radius 3 is 1.45 bits per heavy atom. The highest BCUT2D eigenvalue weighted by atomic mass is 79.9. The summed E-state index contributed by atoms with van der Waals surface area (Å²) in [6.45, 7) is 12.0. The van der Waals surface area contributed by atoms with E-state index in [4.69, 9.17) is 18.9 Å². The zero-order valence-corrected chi connectivity index (χ0v) is 46.2. The third-order valence-corrected chi connectivity index (χ3v) is 12.7. The number of halogens is 5. The van der Waals surface area contributed by atoms with Crippen molar-refractivity contribution in [1.29, 1.82) is 0 Å². The lowest BCUT2D eigenvalue weighted by atomic mass is 10.0. The van der Waals surface area contributed by atoms with Crippen LogP contribution in [0.4, 0.5) is 38.5 Å². The molecule has 0 bridgehead atoms. The number of methoxy groups -OCH3 is 1. The molecule has 2 aliphatic rings. The van der Waals surface area contributed by atoms with E-state index in [1.54, 1.807) is 131 Å². The Labute approximate surface area is 457 Å². The van der Waals surface area contributed by atoms with Gasteiger partial charge in [-0.15, -0.1) is 0 Å². The van der Waals surface area contributed by atoms with Crippen molar-refractivity contribution in [2.75, 3.05) is 30.0 Å². The number of fused-ring (bicyclic) bond motifs is 2. The molecule has 4 aromatic heterocycles. The first-order valence-electron chi connectivity index (χ1n) is 25.3. The number of benzene rings is 3. The molecule has 2 saturated carbocycles. The molecule has 7 aromatic rings. The number of hydrogen-bond acceptors (Lipinski definition) is 10. The van der Waals surface area contributed by atoms with E-state index in [2.05, 4.69) is 36.5 Å². The van der Waals surface area contributed by atoms with Crippen molar-refractivity contribution in [2.45, 2.75) is 117 Å². The molecule has 4 amide bonds. The minimum Gasteiger partial charge on any atom is -0.497 e. The fourth-order valence-electron chi connectivity index (χ4n) is 8.33. The van der Waals surface area contributed by atoms with Crippen LogP contribution in [0.2, 0.25) is 0 Å².